The Kier molecular flexibility index (Phi) is 6.50. The van der Waals surface area contributed by atoms with Crippen molar-refractivity contribution in [1.29, 1.82) is 0 Å². The van der Waals surface area contributed by atoms with Gasteiger partial charge in [0.25, 0.3) is 0 Å². The van der Waals surface area contributed by atoms with E-state index in [-0.39, 0.29) is 23.7 Å². The van der Waals surface area contributed by atoms with Gasteiger partial charge in [0, 0.05) is 12.6 Å². The first kappa shape index (κ1) is 15.6. The zero-order valence-corrected chi connectivity index (χ0v) is 11.8. The van der Waals surface area contributed by atoms with E-state index in [9.17, 15) is 9.18 Å². The molecule has 1 aromatic rings. The van der Waals surface area contributed by atoms with Crippen molar-refractivity contribution >= 4 is 5.97 Å². The van der Waals surface area contributed by atoms with Gasteiger partial charge >= 0.3 is 5.97 Å². The lowest BCUT2D eigenvalue weighted by Gasteiger charge is -2.17. The maximum absolute atomic E-state index is 12.8. The van der Waals surface area contributed by atoms with E-state index in [1.165, 1.54) is 12.1 Å². The third-order valence-corrected chi connectivity index (χ3v) is 2.92. The Balaban J connectivity index is 2.33. The van der Waals surface area contributed by atoms with E-state index < -0.39 is 0 Å². The molecule has 0 heterocycles. The molecule has 0 fully saturated rings. The summed E-state index contributed by atoms with van der Waals surface area (Å²) >= 11 is 0. The first-order chi connectivity index (χ1) is 9.02. The molecule has 0 radical (unpaired) electrons. The lowest BCUT2D eigenvalue weighted by atomic mass is 10.1. The largest absolute Gasteiger partial charge is 0.466 e. The van der Waals surface area contributed by atoms with Crippen LogP contribution in [0.2, 0.25) is 0 Å². The number of nitrogens with one attached hydrogen (secondary N) is 1. The van der Waals surface area contributed by atoms with Crippen LogP contribution in [0.15, 0.2) is 24.3 Å². The molecule has 0 aliphatic heterocycles. The van der Waals surface area contributed by atoms with Crippen LogP contribution >= 0.6 is 0 Å². The smallest absolute Gasteiger partial charge is 0.309 e. The SMILES string of the molecule is CCOC(=O)C(C)CNC(C)Cc1ccc(F)cc1. The van der Waals surface area contributed by atoms with E-state index in [0.29, 0.717) is 13.2 Å². The van der Waals surface area contributed by atoms with Crippen LogP contribution in [0, 0.1) is 11.7 Å². The predicted molar refractivity (Wildman–Crippen MR) is 73.4 cm³/mol. The molecular formula is C15H22FNO2. The zero-order valence-electron chi connectivity index (χ0n) is 11.8. The van der Waals surface area contributed by atoms with E-state index in [1.54, 1.807) is 19.1 Å². The Hall–Kier alpha value is -1.42. The second-order valence-corrected chi connectivity index (χ2v) is 4.79. The van der Waals surface area contributed by atoms with E-state index in [2.05, 4.69) is 5.32 Å². The fourth-order valence-electron chi connectivity index (χ4n) is 1.79. The van der Waals surface area contributed by atoms with Crippen molar-refractivity contribution in [2.24, 2.45) is 5.92 Å². The first-order valence-electron chi connectivity index (χ1n) is 6.67. The molecule has 0 aliphatic rings. The Bertz CT molecular complexity index is 392. The van der Waals surface area contributed by atoms with Crippen LogP contribution in [0.1, 0.15) is 26.3 Å². The van der Waals surface area contributed by atoms with Crippen LogP contribution in [0.4, 0.5) is 4.39 Å². The number of esters is 1. The van der Waals surface area contributed by atoms with Gasteiger partial charge in [-0.3, -0.25) is 4.79 Å². The standard InChI is InChI=1S/C15H22FNO2/c1-4-19-15(18)11(2)10-17-12(3)9-13-5-7-14(16)8-6-13/h5-8,11-12,17H,4,9-10H2,1-3H3. The van der Waals surface area contributed by atoms with Crippen molar-refractivity contribution in [2.75, 3.05) is 13.2 Å². The van der Waals surface area contributed by atoms with E-state index in [0.717, 1.165) is 12.0 Å². The number of hydrogen-bond donors (Lipinski definition) is 1. The second kappa shape index (κ2) is 7.89. The molecular weight excluding hydrogens is 245 g/mol. The minimum atomic E-state index is -0.222. The summed E-state index contributed by atoms with van der Waals surface area (Å²) in [4.78, 5) is 11.4. The van der Waals surface area contributed by atoms with Crippen LogP contribution in [-0.4, -0.2) is 25.2 Å². The average molecular weight is 267 g/mol. The molecule has 2 unspecified atom stereocenters. The van der Waals surface area contributed by atoms with E-state index in [1.807, 2.05) is 13.8 Å². The van der Waals surface area contributed by atoms with Crippen molar-refractivity contribution in [3.05, 3.63) is 35.6 Å². The van der Waals surface area contributed by atoms with Gasteiger partial charge in [-0.2, -0.15) is 0 Å². The van der Waals surface area contributed by atoms with Crippen LogP contribution in [0.5, 0.6) is 0 Å². The van der Waals surface area contributed by atoms with Gasteiger partial charge in [0.2, 0.25) is 0 Å². The summed E-state index contributed by atoms with van der Waals surface area (Å²) in [6.45, 7) is 6.68. The Labute approximate surface area is 114 Å². The summed E-state index contributed by atoms with van der Waals surface area (Å²) in [6, 6.07) is 6.71. The number of carbonyl (C=O) groups excluding carboxylic acids is 1. The summed E-state index contributed by atoms with van der Waals surface area (Å²) < 4.78 is 17.7. The lowest BCUT2D eigenvalue weighted by Crippen LogP contribution is -2.35. The number of halogens is 1. The molecule has 0 amide bonds. The molecule has 1 N–H and O–H groups in total. The zero-order chi connectivity index (χ0) is 14.3. The Morgan fingerprint density at radius 1 is 1.32 bits per heavy atom. The summed E-state index contributed by atoms with van der Waals surface area (Å²) in [7, 11) is 0. The Morgan fingerprint density at radius 3 is 2.53 bits per heavy atom. The normalized spacial score (nSPS) is 13.9. The number of ether oxygens (including phenoxy) is 1. The number of carbonyl (C=O) groups is 1. The van der Waals surface area contributed by atoms with Gasteiger partial charge in [0.15, 0.2) is 0 Å². The van der Waals surface area contributed by atoms with Crippen LogP contribution < -0.4 is 5.32 Å². The van der Waals surface area contributed by atoms with Gasteiger partial charge in [0.1, 0.15) is 5.82 Å². The van der Waals surface area contributed by atoms with Gasteiger partial charge in [-0.1, -0.05) is 19.1 Å². The van der Waals surface area contributed by atoms with Crippen LogP contribution in [0.25, 0.3) is 0 Å². The van der Waals surface area contributed by atoms with Crippen molar-refractivity contribution in [2.45, 2.75) is 33.2 Å². The molecule has 19 heavy (non-hydrogen) atoms. The topological polar surface area (TPSA) is 38.3 Å². The molecule has 2 atom stereocenters. The highest BCUT2D eigenvalue weighted by Gasteiger charge is 2.14. The quantitative estimate of drug-likeness (QED) is 0.772. The molecule has 0 saturated carbocycles. The molecule has 106 valence electrons. The van der Waals surface area contributed by atoms with E-state index >= 15 is 0 Å². The van der Waals surface area contributed by atoms with Crippen molar-refractivity contribution in [1.82, 2.24) is 5.32 Å². The summed E-state index contributed by atoms with van der Waals surface area (Å²) in [5, 5.41) is 3.29. The highest BCUT2D eigenvalue weighted by atomic mass is 19.1. The number of hydrogen-bond acceptors (Lipinski definition) is 3. The van der Waals surface area contributed by atoms with Gasteiger partial charge in [-0.25, -0.2) is 4.39 Å². The van der Waals surface area contributed by atoms with Crippen LogP contribution in [0.3, 0.4) is 0 Å². The minimum absolute atomic E-state index is 0.157. The third-order valence-electron chi connectivity index (χ3n) is 2.92. The van der Waals surface area contributed by atoms with Gasteiger partial charge < -0.3 is 10.1 Å². The maximum Gasteiger partial charge on any atom is 0.309 e. The fourth-order valence-corrected chi connectivity index (χ4v) is 1.79. The highest BCUT2D eigenvalue weighted by Crippen LogP contribution is 2.06. The summed E-state index contributed by atoms with van der Waals surface area (Å²) in [5.41, 5.74) is 1.07. The minimum Gasteiger partial charge on any atom is -0.466 e. The van der Waals surface area contributed by atoms with Crippen molar-refractivity contribution < 1.29 is 13.9 Å². The molecule has 1 rings (SSSR count). The van der Waals surface area contributed by atoms with Gasteiger partial charge in [-0.15, -0.1) is 0 Å². The second-order valence-electron chi connectivity index (χ2n) is 4.79. The molecule has 4 heteroatoms. The van der Waals surface area contributed by atoms with Crippen LogP contribution in [-0.2, 0) is 16.0 Å². The predicted octanol–water partition coefficient (Wildman–Crippen LogP) is 2.55. The molecule has 0 saturated heterocycles. The van der Waals surface area contributed by atoms with E-state index in [4.69, 9.17) is 4.74 Å². The highest BCUT2D eigenvalue weighted by molar-refractivity contribution is 5.72. The molecule has 0 aliphatic carbocycles. The molecule has 3 nitrogen and oxygen atoms in total. The summed E-state index contributed by atoms with van der Waals surface area (Å²) in [5.74, 6) is -0.556. The summed E-state index contributed by atoms with van der Waals surface area (Å²) in [6.07, 6.45) is 0.801. The third kappa shape index (κ3) is 5.83. The maximum atomic E-state index is 12.8. The van der Waals surface area contributed by atoms with Gasteiger partial charge in [0.05, 0.1) is 12.5 Å². The Morgan fingerprint density at radius 2 is 1.95 bits per heavy atom. The lowest BCUT2D eigenvalue weighted by molar-refractivity contribution is -0.147. The molecule has 0 spiro atoms. The first-order valence-corrected chi connectivity index (χ1v) is 6.67. The average Bonchev–Trinajstić information content (AvgIpc) is 2.39. The number of benzene rings is 1. The fraction of sp³-hybridized carbons (Fsp3) is 0.533. The monoisotopic (exact) mass is 267 g/mol. The molecule has 0 bridgehead atoms. The number of rotatable bonds is 7. The van der Waals surface area contributed by atoms with Gasteiger partial charge in [-0.05, 0) is 38.0 Å². The van der Waals surface area contributed by atoms with Crippen molar-refractivity contribution in [3.8, 4) is 0 Å². The van der Waals surface area contributed by atoms with Crippen molar-refractivity contribution in [3.63, 3.8) is 0 Å². The molecule has 1 aromatic carbocycles. The molecule has 0 aromatic heterocycles.